The number of nitrogens with zero attached hydrogens (tertiary/aromatic N) is 1. The predicted octanol–water partition coefficient (Wildman–Crippen LogP) is 3.46. The van der Waals surface area contributed by atoms with Gasteiger partial charge >= 0.3 is 0 Å². The second-order valence-corrected chi connectivity index (χ2v) is 4.07. The molecule has 80 valence electrons. The molecule has 2 N–H and O–H groups in total. The van der Waals surface area contributed by atoms with Gasteiger partial charge in [0, 0.05) is 16.7 Å². The highest BCUT2D eigenvalue weighted by Gasteiger charge is 2.05. The number of halogens is 2. The molecule has 0 saturated heterocycles. The molecule has 0 aliphatic heterocycles. The molecule has 0 aromatic carbocycles. The van der Waals surface area contributed by atoms with E-state index in [1.54, 1.807) is 6.20 Å². The Balaban J connectivity index is 0.00000169. The van der Waals surface area contributed by atoms with Crippen molar-refractivity contribution >= 4 is 28.3 Å². The van der Waals surface area contributed by atoms with Gasteiger partial charge in [0.1, 0.15) is 0 Å². The van der Waals surface area contributed by atoms with E-state index in [1.165, 1.54) is 12.8 Å². The van der Waals surface area contributed by atoms with Crippen molar-refractivity contribution in [1.29, 1.82) is 0 Å². The van der Waals surface area contributed by atoms with Crippen molar-refractivity contribution in [2.45, 2.75) is 32.2 Å². The summed E-state index contributed by atoms with van der Waals surface area (Å²) in [4.78, 5) is 4.26. The quantitative estimate of drug-likeness (QED) is 0.917. The van der Waals surface area contributed by atoms with Crippen molar-refractivity contribution in [2.24, 2.45) is 5.73 Å². The molecule has 4 heteroatoms. The Morgan fingerprint density at radius 1 is 1.50 bits per heavy atom. The Morgan fingerprint density at radius 2 is 2.21 bits per heavy atom. The van der Waals surface area contributed by atoms with E-state index < -0.39 is 0 Å². The normalized spacial score (nSPS) is 11.9. The van der Waals surface area contributed by atoms with E-state index in [0.29, 0.717) is 0 Å². The molecule has 0 spiro atoms. The third-order valence-corrected chi connectivity index (χ3v) is 2.47. The highest BCUT2D eigenvalue weighted by atomic mass is 79.9. The molecule has 0 fully saturated rings. The second kappa shape index (κ2) is 7.21. The van der Waals surface area contributed by atoms with Gasteiger partial charge in [0.05, 0.1) is 5.69 Å². The van der Waals surface area contributed by atoms with Gasteiger partial charge in [-0.15, -0.1) is 12.4 Å². The fourth-order valence-electron chi connectivity index (χ4n) is 1.18. The Hall–Kier alpha value is -0.120. The molecule has 1 aromatic rings. The lowest BCUT2D eigenvalue weighted by Gasteiger charge is -2.09. The topological polar surface area (TPSA) is 38.9 Å². The fourth-order valence-corrected chi connectivity index (χ4v) is 1.41. The maximum absolute atomic E-state index is 5.95. The molecule has 0 unspecified atom stereocenters. The zero-order valence-corrected chi connectivity index (χ0v) is 10.6. The average molecular weight is 280 g/mol. The minimum atomic E-state index is 0. The Bertz CT molecular complexity index is 251. The lowest BCUT2D eigenvalue weighted by molar-refractivity contribution is 0.590. The smallest absolute Gasteiger partial charge is 0.0571 e. The fraction of sp³-hybridized carbons (Fsp3) is 0.500. The Morgan fingerprint density at radius 3 is 2.71 bits per heavy atom. The van der Waals surface area contributed by atoms with Crippen LogP contribution in [0.3, 0.4) is 0 Å². The van der Waals surface area contributed by atoms with Crippen LogP contribution in [0.15, 0.2) is 22.8 Å². The van der Waals surface area contributed by atoms with Crippen LogP contribution >= 0.6 is 28.3 Å². The van der Waals surface area contributed by atoms with Crippen molar-refractivity contribution in [1.82, 2.24) is 4.98 Å². The first-order valence-electron chi connectivity index (χ1n) is 4.61. The number of hydrogen-bond donors (Lipinski definition) is 1. The van der Waals surface area contributed by atoms with Crippen molar-refractivity contribution in [3.8, 4) is 0 Å². The largest absolute Gasteiger partial charge is 0.323 e. The number of pyridine rings is 1. The molecule has 0 bridgehead atoms. The molecule has 2 nitrogen and oxygen atoms in total. The van der Waals surface area contributed by atoms with Crippen molar-refractivity contribution in [3.05, 3.63) is 28.5 Å². The van der Waals surface area contributed by atoms with Crippen molar-refractivity contribution in [3.63, 3.8) is 0 Å². The second-order valence-electron chi connectivity index (χ2n) is 3.15. The van der Waals surface area contributed by atoms with Gasteiger partial charge in [-0.3, -0.25) is 4.98 Å². The molecule has 14 heavy (non-hydrogen) atoms. The standard InChI is InChI=1S/C10H15BrN2.ClH/c1-2-3-4-9(12)10-6-5-8(11)7-13-10;/h5-7,9H,2-4,12H2,1H3;1H/t9-;/m1./s1. The summed E-state index contributed by atoms with van der Waals surface area (Å²) >= 11 is 3.34. The van der Waals surface area contributed by atoms with Crippen molar-refractivity contribution in [2.75, 3.05) is 0 Å². The molecule has 0 saturated carbocycles. The number of unbranched alkanes of at least 4 members (excludes halogenated alkanes) is 1. The van der Waals surface area contributed by atoms with Crippen LogP contribution in [-0.4, -0.2) is 4.98 Å². The van der Waals surface area contributed by atoms with Crippen LogP contribution in [0.5, 0.6) is 0 Å². The number of aromatic nitrogens is 1. The molecule has 0 aliphatic rings. The van der Waals surface area contributed by atoms with E-state index >= 15 is 0 Å². The molecule has 1 atom stereocenters. The molecule has 0 radical (unpaired) electrons. The lowest BCUT2D eigenvalue weighted by Crippen LogP contribution is -2.11. The summed E-state index contributed by atoms with van der Waals surface area (Å²) < 4.78 is 0.999. The number of nitrogens with two attached hydrogens (primary N) is 1. The van der Waals surface area contributed by atoms with E-state index in [4.69, 9.17) is 5.73 Å². The summed E-state index contributed by atoms with van der Waals surface area (Å²) in [6, 6.07) is 4.05. The van der Waals surface area contributed by atoms with Crippen LogP contribution in [-0.2, 0) is 0 Å². The minimum absolute atomic E-state index is 0. The lowest BCUT2D eigenvalue weighted by atomic mass is 10.1. The maximum atomic E-state index is 5.95. The third kappa shape index (κ3) is 4.40. The van der Waals surface area contributed by atoms with Gasteiger partial charge in [0.15, 0.2) is 0 Å². The zero-order valence-electron chi connectivity index (χ0n) is 8.24. The van der Waals surface area contributed by atoms with Crippen LogP contribution in [0, 0.1) is 0 Å². The SMILES string of the molecule is CCCC[C@@H](N)c1ccc(Br)cn1.Cl. The first-order valence-corrected chi connectivity index (χ1v) is 5.40. The maximum Gasteiger partial charge on any atom is 0.0571 e. The molecule has 1 aromatic heterocycles. The van der Waals surface area contributed by atoms with Crippen molar-refractivity contribution < 1.29 is 0 Å². The summed E-state index contributed by atoms with van der Waals surface area (Å²) in [6.07, 6.45) is 5.16. The summed E-state index contributed by atoms with van der Waals surface area (Å²) in [5.74, 6) is 0. The summed E-state index contributed by atoms with van der Waals surface area (Å²) in [7, 11) is 0. The van der Waals surface area contributed by atoms with Crippen LogP contribution in [0.2, 0.25) is 0 Å². The molecular weight excluding hydrogens is 263 g/mol. The Labute approximate surface area is 99.8 Å². The van der Waals surface area contributed by atoms with Crippen LogP contribution in [0.1, 0.15) is 37.9 Å². The van der Waals surface area contributed by atoms with Gasteiger partial charge in [-0.2, -0.15) is 0 Å². The summed E-state index contributed by atoms with van der Waals surface area (Å²) in [5, 5.41) is 0. The molecule has 1 rings (SSSR count). The van der Waals surface area contributed by atoms with E-state index in [2.05, 4.69) is 27.8 Å². The van der Waals surface area contributed by atoms with Crippen LogP contribution in [0.25, 0.3) is 0 Å². The first kappa shape index (κ1) is 13.9. The number of rotatable bonds is 4. The molecule has 0 aliphatic carbocycles. The molecular formula is C10H16BrClN2. The predicted molar refractivity (Wildman–Crippen MR) is 65.6 cm³/mol. The molecule has 1 heterocycles. The van der Waals surface area contributed by atoms with Crippen LogP contribution in [0.4, 0.5) is 0 Å². The minimum Gasteiger partial charge on any atom is -0.323 e. The van der Waals surface area contributed by atoms with Gasteiger partial charge in [0.2, 0.25) is 0 Å². The highest BCUT2D eigenvalue weighted by Crippen LogP contribution is 2.16. The number of hydrogen-bond acceptors (Lipinski definition) is 2. The van der Waals surface area contributed by atoms with Gasteiger partial charge in [0.25, 0.3) is 0 Å². The first-order chi connectivity index (χ1) is 6.24. The monoisotopic (exact) mass is 278 g/mol. The average Bonchev–Trinajstić information content (AvgIpc) is 2.15. The van der Waals surface area contributed by atoms with E-state index in [-0.39, 0.29) is 18.4 Å². The third-order valence-electron chi connectivity index (χ3n) is 2.00. The van der Waals surface area contributed by atoms with E-state index in [9.17, 15) is 0 Å². The van der Waals surface area contributed by atoms with E-state index in [1.807, 2.05) is 12.1 Å². The zero-order chi connectivity index (χ0) is 9.68. The van der Waals surface area contributed by atoms with Crippen LogP contribution < -0.4 is 5.73 Å². The van der Waals surface area contributed by atoms with Gasteiger partial charge in [-0.1, -0.05) is 19.8 Å². The highest BCUT2D eigenvalue weighted by molar-refractivity contribution is 9.10. The van der Waals surface area contributed by atoms with Gasteiger partial charge < -0.3 is 5.73 Å². The summed E-state index contributed by atoms with van der Waals surface area (Å²) in [5.41, 5.74) is 6.94. The van der Waals surface area contributed by atoms with Gasteiger partial charge in [-0.25, -0.2) is 0 Å². The summed E-state index contributed by atoms with van der Waals surface area (Å²) in [6.45, 7) is 2.17. The van der Waals surface area contributed by atoms with Gasteiger partial charge in [-0.05, 0) is 34.5 Å². The van der Waals surface area contributed by atoms with E-state index in [0.717, 1.165) is 16.6 Å². The molecule has 0 amide bonds. The Kier molecular flexibility index (Phi) is 7.15.